The van der Waals surface area contributed by atoms with E-state index in [1.165, 1.54) is 12.8 Å². The Morgan fingerprint density at radius 1 is 1.02 bits per heavy atom. The lowest BCUT2D eigenvalue weighted by molar-refractivity contribution is 0.0165. The molecule has 230 valence electrons. The molecule has 0 saturated carbocycles. The molecule has 0 aromatic heterocycles. The molecule has 0 aliphatic heterocycles. The monoisotopic (exact) mass is 570 g/mol. The summed E-state index contributed by atoms with van der Waals surface area (Å²) in [7, 11) is 3.30. The third kappa shape index (κ3) is 17.1. The number of hydrogen-bond acceptors (Lipinski definition) is 6. The van der Waals surface area contributed by atoms with Gasteiger partial charge in [0.15, 0.2) is 0 Å². The molecule has 1 rings (SSSR count). The van der Waals surface area contributed by atoms with E-state index in [2.05, 4.69) is 48.3 Å². The van der Waals surface area contributed by atoms with E-state index in [9.17, 15) is 4.79 Å². The molecule has 0 fully saturated rings. The molecular formula is C33H54N4O4. The van der Waals surface area contributed by atoms with E-state index in [1.807, 2.05) is 70.2 Å². The minimum Gasteiger partial charge on any atom is -0.491 e. The SMILES string of the molecule is C=C(NC(/C=C\C(=C/C)NC(=O)NCCC(C)(C)OC)=C\CC)c1ccc(OCCOC)cc1N=CC.CCCC. The first kappa shape index (κ1) is 37.6. The van der Waals surface area contributed by atoms with E-state index in [-0.39, 0.29) is 11.6 Å². The number of amides is 2. The second-order valence-electron chi connectivity index (χ2n) is 9.75. The fourth-order valence-electron chi connectivity index (χ4n) is 3.11. The maximum atomic E-state index is 12.3. The van der Waals surface area contributed by atoms with Crippen LogP contribution in [0, 0.1) is 0 Å². The van der Waals surface area contributed by atoms with Crippen molar-refractivity contribution in [2.24, 2.45) is 4.99 Å². The van der Waals surface area contributed by atoms with Gasteiger partial charge in [0.05, 0.1) is 17.9 Å². The van der Waals surface area contributed by atoms with E-state index in [0.29, 0.717) is 43.3 Å². The second kappa shape index (κ2) is 22.3. The number of rotatable bonds is 17. The topological polar surface area (TPSA) is 93.2 Å². The fraction of sp³-hybridized carbons (Fsp3) is 0.515. The number of nitrogens with one attached hydrogen (secondary N) is 3. The first-order chi connectivity index (χ1) is 19.6. The van der Waals surface area contributed by atoms with Crippen LogP contribution in [-0.4, -0.2) is 51.8 Å². The minimum absolute atomic E-state index is 0.266. The number of allylic oxidation sites excluding steroid dienone is 4. The van der Waals surface area contributed by atoms with E-state index in [4.69, 9.17) is 14.2 Å². The molecule has 0 bridgehead atoms. The third-order valence-electron chi connectivity index (χ3n) is 5.91. The van der Waals surface area contributed by atoms with Gasteiger partial charge in [0.1, 0.15) is 12.4 Å². The van der Waals surface area contributed by atoms with Gasteiger partial charge in [-0.25, -0.2) is 4.79 Å². The number of hydrogen-bond donors (Lipinski definition) is 3. The molecule has 0 aliphatic carbocycles. The molecule has 3 N–H and O–H groups in total. The third-order valence-corrected chi connectivity index (χ3v) is 5.91. The summed E-state index contributed by atoms with van der Waals surface area (Å²) in [6.45, 7) is 19.8. The number of nitrogens with zero attached hydrogens (tertiary/aromatic N) is 1. The number of unbranched alkanes of at least 4 members (excludes halogenated alkanes) is 1. The lowest BCUT2D eigenvalue weighted by atomic mass is 10.1. The fourth-order valence-corrected chi connectivity index (χ4v) is 3.11. The number of aliphatic imine (C=N–C) groups is 1. The van der Waals surface area contributed by atoms with Gasteiger partial charge >= 0.3 is 6.03 Å². The number of benzene rings is 1. The van der Waals surface area contributed by atoms with Gasteiger partial charge in [-0.15, -0.1) is 0 Å². The number of carbonyl (C=O) groups is 1. The Hall–Kier alpha value is -3.36. The van der Waals surface area contributed by atoms with Gasteiger partial charge in [-0.3, -0.25) is 4.99 Å². The van der Waals surface area contributed by atoms with Gasteiger partial charge in [-0.1, -0.05) is 52.3 Å². The van der Waals surface area contributed by atoms with Crippen molar-refractivity contribution < 1.29 is 19.0 Å². The molecule has 1 aromatic rings. The highest BCUT2D eigenvalue weighted by Crippen LogP contribution is 2.29. The molecule has 8 nitrogen and oxygen atoms in total. The zero-order valence-electron chi connectivity index (χ0n) is 26.9. The van der Waals surface area contributed by atoms with Crippen LogP contribution in [0.2, 0.25) is 0 Å². The molecule has 8 heteroatoms. The summed E-state index contributed by atoms with van der Waals surface area (Å²) in [5, 5.41) is 9.10. The molecule has 0 heterocycles. The predicted molar refractivity (Wildman–Crippen MR) is 174 cm³/mol. The van der Waals surface area contributed by atoms with Gasteiger partial charge in [0, 0.05) is 55.7 Å². The standard InChI is InChI=1S/C29H44N4O4.C4H10/c1-9-12-24(14-13-23(10-2)33-28(34)31-18-17-29(5,6)36-8)32-22(4)26-16-15-25(37-20-19-35-7)21-27(26)30-11-3;1-3-4-2/h10-16,21,32H,4,9,17-20H2,1-3,5-8H3,(H2,31,33,34);3-4H2,1-2H3/b14-13-,23-10+,24-12-,30-11?;. The zero-order chi connectivity index (χ0) is 31.1. The highest BCUT2D eigenvalue weighted by Gasteiger charge is 2.16. The maximum Gasteiger partial charge on any atom is 0.319 e. The van der Waals surface area contributed by atoms with Crippen LogP contribution in [0.15, 0.2) is 65.5 Å². The summed E-state index contributed by atoms with van der Waals surface area (Å²) < 4.78 is 16.2. The van der Waals surface area contributed by atoms with Crippen LogP contribution in [0.25, 0.3) is 5.70 Å². The van der Waals surface area contributed by atoms with E-state index in [1.54, 1.807) is 20.4 Å². The maximum absolute atomic E-state index is 12.3. The van der Waals surface area contributed by atoms with Gasteiger partial charge in [0.25, 0.3) is 0 Å². The van der Waals surface area contributed by atoms with Crippen molar-refractivity contribution in [2.75, 3.05) is 34.0 Å². The van der Waals surface area contributed by atoms with Crippen molar-refractivity contribution >= 4 is 23.6 Å². The molecule has 0 unspecified atom stereocenters. The highest BCUT2D eigenvalue weighted by atomic mass is 16.5. The smallest absolute Gasteiger partial charge is 0.319 e. The molecule has 0 spiro atoms. The van der Waals surface area contributed by atoms with Crippen molar-refractivity contribution in [3.8, 4) is 5.75 Å². The minimum atomic E-state index is -0.288. The van der Waals surface area contributed by atoms with Crippen molar-refractivity contribution in [1.29, 1.82) is 0 Å². The Morgan fingerprint density at radius 3 is 2.27 bits per heavy atom. The van der Waals surface area contributed by atoms with Crippen molar-refractivity contribution in [3.63, 3.8) is 0 Å². The molecule has 0 saturated heterocycles. The van der Waals surface area contributed by atoms with Crippen molar-refractivity contribution in [1.82, 2.24) is 16.0 Å². The summed E-state index contributed by atoms with van der Waals surface area (Å²) in [6, 6.07) is 5.43. The van der Waals surface area contributed by atoms with Crippen LogP contribution < -0.4 is 20.7 Å². The number of carbonyl (C=O) groups excluding carboxylic acids is 1. The summed E-state index contributed by atoms with van der Waals surface area (Å²) >= 11 is 0. The predicted octanol–water partition coefficient (Wildman–Crippen LogP) is 7.67. The number of ether oxygens (including phenoxy) is 3. The van der Waals surface area contributed by atoms with E-state index < -0.39 is 0 Å². The Balaban J connectivity index is 0.00000373. The van der Waals surface area contributed by atoms with Gasteiger partial charge in [-0.05, 0) is 64.8 Å². The van der Waals surface area contributed by atoms with Crippen molar-refractivity contribution in [2.45, 2.75) is 79.8 Å². The zero-order valence-corrected chi connectivity index (χ0v) is 26.9. The molecule has 1 aromatic carbocycles. The summed E-state index contributed by atoms with van der Waals surface area (Å²) in [4.78, 5) is 16.8. The first-order valence-corrected chi connectivity index (χ1v) is 14.5. The van der Waals surface area contributed by atoms with Gasteiger partial charge in [-0.2, -0.15) is 0 Å². The molecule has 41 heavy (non-hydrogen) atoms. The Bertz CT molecular complexity index is 1020. The highest BCUT2D eigenvalue weighted by molar-refractivity contribution is 5.77. The Morgan fingerprint density at radius 2 is 1.71 bits per heavy atom. The summed E-state index contributed by atoms with van der Waals surface area (Å²) in [5.41, 5.74) is 3.54. The van der Waals surface area contributed by atoms with Crippen LogP contribution in [0.4, 0.5) is 10.5 Å². The molecule has 0 atom stereocenters. The number of urea groups is 1. The van der Waals surface area contributed by atoms with Crippen LogP contribution in [0.1, 0.15) is 79.7 Å². The lowest BCUT2D eigenvalue weighted by Crippen LogP contribution is -2.38. The Labute approximate surface area is 249 Å². The molecular weight excluding hydrogens is 516 g/mol. The largest absolute Gasteiger partial charge is 0.491 e. The first-order valence-electron chi connectivity index (χ1n) is 14.5. The average molecular weight is 571 g/mol. The summed E-state index contributed by atoms with van der Waals surface area (Å²) in [5.74, 6) is 0.714. The summed E-state index contributed by atoms with van der Waals surface area (Å²) in [6.07, 6.45) is 13.5. The quantitative estimate of drug-likeness (QED) is 0.102. The van der Waals surface area contributed by atoms with E-state index >= 15 is 0 Å². The average Bonchev–Trinajstić information content (AvgIpc) is 2.95. The van der Waals surface area contributed by atoms with Crippen LogP contribution >= 0.6 is 0 Å². The lowest BCUT2D eigenvalue weighted by Gasteiger charge is -2.22. The number of methoxy groups -OCH3 is 2. The van der Waals surface area contributed by atoms with Gasteiger partial charge < -0.3 is 30.2 Å². The Kier molecular flexibility index (Phi) is 20.5. The van der Waals surface area contributed by atoms with E-state index in [0.717, 1.165) is 23.4 Å². The normalized spacial score (nSPS) is 12.2. The van der Waals surface area contributed by atoms with Crippen LogP contribution in [-0.2, 0) is 9.47 Å². The molecule has 2 amide bonds. The second-order valence-corrected chi connectivity index (χ2v) is 9.75. The molecule has 0 aliphatic rings. The van der Waals surface area contributed by atoms with Crippen molar-refractivity contribution in [3.05, 3.63) is 66.0 Å². The van der Waals surface area contributed by atoms with Gasteiger partial charge in [0.2, 0.25) is 0 Å². The van der Waals surface area contributed by atoms with Crippen LogP contribution in [0.5, 0.6) is 5.75 Å². The van der Waals surface area contributed by atoms with Crippen LogP contribution in [0.3, 0.4) is 0 Å². The molecule has 0 radical (unpaired) electrons.